The van der Waals surface area contributed by atoms with Gasteiger partial charge >= 0.3 is 0 Å². The molecule has 0 saturated heterocycles. The van der Waals surface area contributed by atoms with Gasteiger partial charge in [0.15, 0.2) is 4.77 Å². The van der Waals surface area contributed by atoms with Crippen molar-refractivity contribution in [2.45, 2.75) is 32.2 Å². The Balaban J connectivity index is 1.88. The van der Waals surface area contributed by atoms with E-state index in [0.717, 1.165) is 18.9 Å². The van der Waals surface area contributed by atoms with E-state index in [2.05, 4.69) is 10.2 Å². The van der Waals surface area contributed by atoms with E-state index in [0.29, 0.717) is 10.7 Å². The van der Waals surface area contributed by atoms with Gasteiger partial charge in [0.1, 0.15) is 0 Å². The second-order valence-electron chi connectivity index (χ2n) is 3.62. The number of H-pyrrole nitrogens is 1. The summed E-state index contributed by atoms with van der Waals surface area (Å²) in [6, 6.07) is 0. The van der Waals surface area contributed by atoms with Gasteiger partial charge in [0.2, 0.25) is 5.95 Å². The van der Waals surface area contributed by atoms with Gasteiger partial charge in [0.05, 0.1) is 0 Å². The maximum Gasteiger partial charge on any atom is 0.220 e. The van der Waals surface area contributed by atoms with Crippen LogP contribution in [0.3, 0.4) is 0 Å². The predicted molar refractivity (Wildman–Crippen MR) is 53.8 cm³/mol. The molecule has 3 N–H and O–H groups in total. The standard InChI is InChI=1S/C8H14N4S/c9-7-10-11-8(13)12(7)5-1-2-6-3-4-6/h6H,1-5H2,(H2,9,10)(H,11,13). The van der Waals surface area contributed by atoms with Gasteiger partial charge in [-0.05, 0) is 31.0 Å². The molecule has 0 aliphatic heterocycles. The smallest absolute Gasteiger partial charge is 0.220 e. The van der Waals surface area contributed by atoms with Crippen LogP contribution in [0.25, 0.3) is 0 Å². The SMILES string of the molecule is Nc1n[nH]c(=S)n1CCCC1CC1. The van der Waals surface area contributed by atoms with Gasteiger partial charge in [0, 0.05) is 6.54 Å². The van der Waals surface area contributed by atoms with Gasteiger partial charge in [-0.1, -0.05) is 12.8 Å². The number of anilines is 1. The van der Waals surface area contributed by atoms with E-state index in [-0.39, 0.29) is 0 Å². The molecule has 1 aromatic heterocycles. The molecule has 1 aliphatic rings. The summed E-state index contributed by atoms with van der Waals surface area (Å²) >= 11 is 5.03. The predicted octanol–water partition coefficient (Wildman–Crippen LogP) is 1.71. The Bertz CT molecular complexity index is 336. The van der Waals surface area contributed by atoms with E-state index in [1.807, 2.05) is 4.57 Å². The van der Waals surface area contributed by atoms with Crippen LogP contribution < -0.4 is 5.73 Å². The number of nitrogens with one attached hydrogen (secondary N) is 1. The van der Waals surface area contributed by atoms with Crippen LogP contribution in [0.15, 0.2) is 0 Å². The molecule has 13 heavy (non-hydrogen) atoms. The number of hydrogen-bond donors (Lipinski definition) is 2. The van der Waals surface area contributed by atoms with Crippen LogP contribution in [-0.4, -0.2) is 14.8 Å². The van der Waals surface area contributed by atoms with E-state index in [1.54, 1.807) is 0 Å². The number of aromatic amines is 1. The maximum atomic E-state index is 5.63. The van der Waals surface area contributed by atoms with Crippen LogP contribution >= 0.6 is 12.2 Å². The molecular formula is C8H14N4S. The highest BCUT2D eigenvalue weighted by molar-refractivity contribution is 7.71. The third-order valence-electron chi connectivity index (χ3n) is 2.48. The molecule has 1 saturated carbocycles. The summed E-state index contributed by atoms with van der Waals surface area (Å²) < 4.78 is 2.49. The molecule has 2 rings (SSSR count). The van der Waals surface area contributed by atoms with Crippen LogP contribution in [0.1, 0.15) is 25.7 Å². The molecule has 1 aromatic rings. The molecule has 0 bridgehead atoms. The summed E-state index contributed by atoms with van der Waals surface area (Å²) in [5.74, 6) is 1.48. The summed E-state index contributed by atoms with van der Waals surface area (Å²) in [5, 5.41) is 6.53. The number of aromatic nitrogens is 3. The largest absolute Gasteiger partial charge is 0.368 e. The topological polar surface area (TPSA) is 59.6 Å². The van der Waals surface area contributed by atoms with E-state index < -0.39 is 0 Å². The molecule has 5 heteroatoms. The van der Waals surface area contributed by atoms with Crippen LogP contribution in [-0.2, 0) is 6.54 Å². The maximum absolute atomic E-state index is 5.63. The lowest BCUT2D eigenvalue weighted by Gasteiger charge is -2.02. The van der Waals surface area contributed by atoms with E-state index in [1.165, 1.54) is 19.3 Å². The second-order valence-corrected chi connectivity index (χ2v) is 4.01. The second kappa shape index (κ2) is 3.49. The summed E-state index contributed by atoms with van der Waals surface area (Å²) in [6.07, 6.45) is 5.27. The molecule has 0 spiro atoms. The lowest BCUT2D eigenvalue weighted by Crippen LogP contribution is -2.03. The molecule has 0 atom stereocenters. The molecule has 1 fully saturated rings. The van der Waals surface area contributed by atoms with E-state index in [4.69, 9.17) is 18.0 Å². The summed E-state index contributed by atoms with van der Waals surface area (Å²) in [7, 11) is 0. The molecule has 72 valence electrons. The average Bonchev–Trinajstić information content (AvgIpc) is 2.86. The number of nitrogen functional groups attached to an aromatic ring is 1. The fourth-order valence-electron chi connectivity index (χ4n) is 1.49. The Hall–Kier alpha value is -0.840. The summed E-state index contributed by atoms with van der Waals surface area (Å²) in [6.45, 7) is 0.900. The van der Waals surface area contributed by atoms with Crippen molar-refractivity contribution < 1.29 is 0 Å². The highest BCUT2D eigenvalue weighted by atomic mass is 32.1. The third kappa shape index (κ3) is 2.09. The lowest BCUT2D eigenvalue weighted by molar-refractivity contribution is 0.576. The van der Waals surface area contributed by atoms with Crippen molar-refractivity contribution in [3.05, 3.63) is 4.77 Å². The van der Waals surface area contributed by atoms with Crippen LogP contribution in [0.5, 0.6) is 0 Å². The van der Waals surface area contributed by atoms with E-state index in [9.17, 15) is 0 Å². The van der Waals surface area contributed by atoms with Gasteiger partial charge in [-0.25, -0.2) is 5.10 Å². The molecule has 4 nitrogen and oxygen atoms in total. The molecule has 1 aliphatic carbocycles. The average molecular weight is 198 g/mol. The third-order valence-corrected chi connectivity index (χ3v) is 2.79. The quantitative estimate of drug-likeness (QED) is 0.724. The first-order valence-electron chi connectivity index (χ1n) is 4.68. The highest BCUT2D eigenvalue weighted by Crippen LogP contribution is 2.33. The zero-order chi connectivity index (χ0) is 9.26. The van der Waals surface area contributed by atoms with Gasteiger partial charge in [0.25, 0.3) is 0 Å². The fourth-order valence-corrected chi connectivity index (χ4v) is 1.72. The van der Waals surface area contributed by atoms with Crippen molar-refractivity contribution in [1.29, 1.82) is 0 Å². The van der Waals surface area contributed by atoms with Crippen LogP contribution in [0.2, 0.25) is 0 Å². The lowest BCUT2D eigenvalue weighted by atomic mass is 10.2. The first-order chi connectivity index (χ1) is 6.27. The van der Waals surface area contributed by atoms with Gasteiger partial charge < -0.3 is 5.73 Å². The number of hydrogen-bond acceptors (Lipinski definition) is 3. The van der Waals surface area contributed by atoms with Crippen molar-refractivity contribution >= 4 is 18.2 Å². The van der Waals surface area contributed by atoms with Gasteiger partial charge in [-0.3, -0.25) is 4.57 Å². The minimum atomic E-state index is 0.501. The summed E-state index contributed by atoms with van der Waals surface area (Å²) in [5.41, 5.74) is 5.63. The van der Waals surface area contributed by atoms with Gasteiger partial charge in [-0.15, -0.1) is 5.10 Å². The highest BCUT2D eigenvalue weighted by Gasteiger charge is 2.20. The molecule has 1 heterocycles. The molecule has 0 amide bonds. The number of nitrogens with zero attached hydrogens (tertiary/aromatic N) is 2. The minimum Gasteiger partial charge on any atom is -0.368 e. The van der Waals surface area contributed by atoms with Crippen LogP contribution in [0.4, 0.5) is 5.95 Å². The first kappa shape index (κ1) is 8.74. The zero-order valence-corrected chi connectivity index (χ0v) is 8.31. The van der Waals surface area contributed by atoms with Crippen molar-refractivity contribution in [3.8, 4) is 0 Å². The monoisotopic (exact) mass is 198 g/mol. The number of nitrogens with two attached hydrogens (primary N) is 1. The normalized spacial score (nSPS) is 16.3. The molecule has 0 radical (unpaired) electrons. The van der Waals surface area contributed by atoms with Crippen molar-refractivity contribution in [2.75, 3.05) is 5.73 Å². The fraction of sp³-hybridized carbons (Fsp3) is 0.750. The molecular weight excluding hydrogens is 184 g/mol. The number of rotatable bonds is 4. The Kier molecular flexibility index (Phi) is 2.35. The van der Waals surface area contributed by atoms with Crippen molar-refractivity contribution in [2.24, 2.45) is 5.92 Å². The Morgan fingerprint density at radius 1 is 1.62 bits per heavy atom. The molecule has 0 aromatic carbocycles. The minimum absolute atomic E-state index is 0.501. The van der Waals surface area contributed by atoms with Gasteiger partial charge in [-0.2, -0.15) is 0 Å². The first-order valence-corrected chi connectivity index (χ1v) is 5.09. The van der Waals surface area contributed by atoms with Crippen molar-refractivity contribution in [3.63, 3.8) is 0 Å². The van der Waals surface area contributed by atoms with Crippen LogP contribution in [0, 0.1) is 10.7 Å². The Morgan fingerprint density at radius 3 is 2.92 bits per heavy atom. The Labute approximate surface area is 82.1 Å². The van der Waals surface area contributed by atoms with E-state index >= 15 is 0 Å². The van der Waals surface area contributed by atoms with Crippen molar-refractivity contribution in [1.82, 2.24) is 14.8 Å². The molecule has 0 unspecified atom stereocenters. The summed E-state index contributed by atoms with van der Waals surface area (Å²) in [4.78, 5) is 0. The zero-order valence-electron chi connectivity index (χ0n) is 7.49. The Morgan fingerprint density at radius 2 is 2.38 bits per heavy atom.